The van der Waals surface area contributed by atoms with Gasteiger partial charge in [0.15, 0.2) is 17.2 Å². The lowest BCUT2D eigenvalue weighted by Crippen LogP contribution is -2.30. The van der Waals surface area contributed by atoms with E-state index in [-0.39, 0.29) is 24.0 Å². The zero-order valence-corrected chi connectivity index (χ0v) is 19.6. The van der Waals surface area contributed by atoms with Crippen LogP contribution in [0.3, 0.4) is 0 Å². The third kappa shape index (κ3) is 4.43. The number of hydrogen-bond donors (Lipinski definition) is 1. The predicted molar refractivity (Wildman–Crippen MR) is 124 cm³/mol. The van der Waals surface area contributed by atoms with Crippen molar-refractivity contribution < 1.29 is 17.6 Å². The summed E-state index contributed by atoms with van der Waals surface area (Å²) >= 11 is 2.15. The van der Waals surface area contributed by atoms with Gasteiger partial charge in [-0.25, -0.2) is 27.7 Å². The highest BCUT2D eigenvalue weighted by molar-refractivity contribution is 14.1. The predicted octanol–water partition coefficient (Wildman–Crippen LogP) is 4.59. The van der Waals surface area contributed by atoms with E-state index in [2.05, 4.69) is 37.7 Å². The zero-order valence-electron chi connectivity index (χ0n) is 17.4. The second-order valence-electron chi connectivity index (χ2n) is 8.07. The third-order valence-electron chi connectivity index (χ3n) is 5.92. The molecule has 33 heavy (non-hydrogen) atoms. The van der Waals surface area contributed by atoms with Gasteiger partial charge in [0.2, 0.25) is 5.82 Å². The molecular weight excluding hydrogens is 548 g/mol. The normalized spacial score (nSPS) is 16.8. The van der Waals surface area contributed by atoms with E-state index in [0.717, 1.165) is 47.2 Å². The summed E-state index contributed by atoms with van der Waals surface area (Å²) in [6.07, 6.45) is 6.55. The van der Waals surface area contributed by atoms with Gasteiger partial charge in [-0.15, -0.1) is 5.10 Å². The molecule has 2 N–H and O–H groups in total. The number of furan rings is 1. The van der Waals surface area contributed by atoms with Crippen LogP contribution < -0.4 is 5.73 Å². The molecule has 1 fully saturated rings. The number of nitrogen functional groups attached to an aromatic ring is 1. The van der Waals surface area contributed by atoms with Crippen molar-refractivity contribution in [1.29, 1.82) is 0 Å². The standard InChI is InChI=1S/C22H20F3IN6O/c23-12-8-16(24)15(17(25)9-12)11-31-6-1-2-14(31)4-3-13-10-32-22(20(27)28-13)29-21(30-32)19-18(26)5-7-33-19/h5,7-10,14H,1-4,6,11H2,(H2,27,28). The van der Waals surface area contributed by atoms with Gasteiger partial charge in [0.05, 0.1) is 21.7 Å². The molecule has 7 nitrogen and oxygen atoms in total. The number of fused-ring (bicyclic) bond motifs is 1. The number of hydrogen-bond acceptors (Lipinski definition) is 6. The first-order valence-electron chi connectivity index (χ1n) is 10.5. The lowest BCUT2D eigenvalue weighted by atomic mass is 10.1. The number of anilines is 1. The lowest BCUT2D eigenvalue weighted by molar-refractivity contribution is 0.227. The molecule has 0 bridgehead atoms. The van der Waals surface area contributed by atoms with Gasteiger partial charge in [0, 0.05) is 30.3 Å². The van der Waals surface area contributed by atoms with Crippen LogP contribution >= 0.6 is 22.6 Å². The van der Waals surface area contributed by atoms with E-state index in [4.69, 9.17) is 10.2 Å². The van der Waals surface area contributed by atoms with Crippen molar-refractivity contribution in [3.05, 3.63) is 62.9 Å². The lowest BCUT2D eigenvalue weighted by Gasteiger charge is -2.25. The first kappa shape index (κ1) is 22.1. The molecule has 11 heteroatoms. The summed E-state index contributed by atoms with van der Waals surface area (Å²) in [5.41, 5.74) is 7.22. The van der Waals surface area contributed by atoms with Crippen LogP contribution in [0.1, 0.15) is 30.5 Å². The highest BCUT2D eigenvalue weighted by Crippen LogP contribution is 2.27. The number of nitrogens with zero attached hydrogens (tertiary/aromatic N) is 5. The van der Waals surface area contributed by atoms with Crippen LogP contribution in [0.5, 0.6) is 0 Å². The van der Waals surface area contributed by atoms with Crippen LogP contribution in [-0.2, 0) is 13.0 Å². The van der Waals surface area contributed by atoms with E-state index < -0.39 is 17.5 Å². The van der Waals surface area contributed by atoms with Gasteiger partial charge in [-0.3, -0.25) is 4.90 Å². The monoisotopic (exact) mass is 568 g/mol. The maximum absolute atomic E-state index is 14.1. The molecule has 0 saturated carbocycles. The van der Waals surface area contributed by atoms with Gasteiger partial charge in [0.25, 0.3) is 0 Å². The number of aryl methyl sites for hydroxylation is 1. The fourth-order valence-electron chi connectivity index (χ4n) is 4.30. The molecular formula is C22H20F3IN6O. The van der Waals surface area contributed by atoms with Crippen molar-refractivity contribution in [1.82, 2.24) is 24.5 Å². The summed E-state index contributed by atoms with van der Waals surface area (Å²) in [4.78, 5) is 10.9. The summed E-state index contributed by atoms with van der Waals surface area (Å²) in [7, 11) is 0. The quantitative estimate of drug-likeness (QED) is 0.343. The van der Waals surface area contributed by atoms with Crippen LogP contribution in [-0.4, -0.2) is 37.1 Å². The van der Waals surface area contributed by atoms with Gasteiger partial charge < -0.3 is 10.2 Å². The Kier molecular flexibility index (Phi) is 5.99. The van der Waals surface area contributed by atoms with E-state index in [0.29, 0.717) is 23.7 Å². The third-order valence-corrected chi connectivity index (χ3v) is 6.77. The SMILES string of the molecule is Nc1nc(CCC2CCCN2Cc2c(F)cc(F)cc2F)cn2nc(-c3occc3I)nc12. The topological polar surface area (TPSA) is 85.5 Å². The summed E-state index contributed by atoms with van der Waals surface area (Å²) in [6.45, 7) is 0.829. The Morgan fingerprint density at radius 3 is 2.70 bits per heavy atom. The smallest absolute Gasteiger partial charge is 0.219 e. The molecule has 1 aliphatic heterocycles. The molecule has 1 aromatic carbocycles. The Morgan fingerprint density at radius 2 is 1.97 bits per heavy atom. The maximum Gasteiger partial charge on any atom is 0.219 e. The van der Waals surface area contributed by atoms with Crippen LogP contribution in [0.25, 0.3) is 17.2 Å². The minimum Gasteiger partial charge on any atom is -0.460 e. The second-order valence-corrected chi connectivity index (χ2v) is 9.23. The van der Waals surface area contributed by atoms with Crippen LogP contribution in [0, 0.1) is 21.0 Å². The van der Waals surface area contributed by atoms with E-state index in [9.17, 15) is 13.2 Å². The highest BCUT2D eigenvalue weighted by atomic mass is 127. The molecule has 1 saturated heterocycles. The van der Waals surface area contributed by atoms with Crippen molar-refractivity contribution in [2.75, 3.05) is 12.3 Å². The van der Waals surface area contributed by atoms with Crippen molar-refractivity contribution in [3.8, 4) is 11.6 Å². The Labute approximate surface area is 200 Å². The van der Waals surface area contributed by atoms with E-state index >= 15 is 0 Å². The molecule has 0 radical (unpaired) electrons. The molecule has 0 amide bonds. The number of likely N-dealkylation sites (tertiary alicyclic amines) is 1. The van der Waals surface area contributed by atoms with Gasteiger partial charge in [-0.1, -0.05) is 0 Å². The number of rotatable bonds is 6. The molecule has 172 valence electrons. The Morgan fingerprint density at radius 1 is 1.18 bits per heavy atom. The summed E-state index contributed by atoms with van der Waals surface area (Å²) < 4.78 is 49.4. The molecule has 4 aromatic rings. The van der Waals surface area contributed by atoms with Crippen molar-refractivity contribution in [3.63, 3.8) is 0 Å². The molecule has 0 aliphatic carbocycles. The van der Waals surface area contributed by atoms with Crippen LogP contribution in [0.2, 0.25) is 0 Å². The van der Waals surface area contributed by atoms with Crippen LogP contribution in [0.4, 0.5) is 19.0 Å². The molecule has 0 spiro atoms. The summed E-state index contributed by atoms with van der Waals surface area (Å²) in [5, 5.41) is 4.48. The van der Waals surface area contributed by atoms with Gasteiger partial charge in [-0.2, -0.15) is 0 Å². The first-order valence-corrected chi connectivity index (χ1v) is 11.6. The average Bonchev–Trinajstić information content (AvgIpc) is 3.48. The van der Waals surface area contributed by atoms with E-state index in [1.54, 1.807) is 17.0 Å². The van der Waals surface area contributed by atoms with Crippen molar-refractivity contribution in [2.45, 2.75) is 38.3 Å². The van der Waals surface area contributed by atoms with E-state index in [1.807, 2.05) is 11.0 Å². The molecule has 1 unspecified atom stereocenters. The molecule has 5 rings (SSSR count). The first-order chi connectivity index (χ1) is 15.9. The molecule has 1 aliphatic rings. The van der Waals surface area contributed by atoms with Gasteiger partial charge in [0.1, 0.15) is 17.5 Å². The van der Waals surface area contributed by atoms with Crippen LogP contribution in [0.15, 0.2) is 35.1 Å². The van der Waals surface area contributed by atoms with Crippen molar-refractivity contribution >= 4 is 34.1 Å². The number of aromatic nitrogens is 4. The van der Waals surface area contributed by atoms with E-state index in [1.165, 1.54) is 0 Å². The molecule has 1 atom stereocenters. The highest BCUT2D eigenvalue weighted by Gasteiger charge is 2.27. The zero-order chi connectivity index (χ0) is 23.1. The minimum absolute atomic E-state index is 0.102. The fourth-order valence-corrected chi connectivity index (χ4v) is 4.82. The largest absolute Gasteiger partial charge is 0.460 e. The average molecular weight is 568 g/mol. The minimum atomic E-state index is -0.913. The molecule has 4 heterocycles. The van der Waals surface area contributed by atoms with Gasteiger partial charge in [-0.05, 0) is 60.9 Å². The van der Waals surface area contributed by atoms with Gasteiger partial charge >= 0.3 is 0 Å². The fraction of sp³-hybridized carbons (Fsp3) is 0.318. The number of benzene rings is 1. The second kappa shape index (κ2) is 8.93. The van der Waals surface area contributed by atoms with Crippen molar-refractivity contribution in [2.24, 2.45) is 0 Å². The number of nitrogens with two attached hydrogens (primary N) is 1. The summed E-state index contributed by atoms with van der Waals surface area (Å²) in [6, 6.07) is 3.40. The molecule has 3 aromatic heterocycles. The summed E-state index contributed by atoms with van der Waals surface area (Å²) in [5.74, 6) is -1.35. The Hall–Kier alpha value is -2.67. The maximum atomic E-state index is 14.1. The number of halogens is 4. The Bertz CT molecular complexity index is 1300. The Balaban J connectivity index is 1.31.